The minimum atomic E-state index is -0.946. The van der Waals surface area contributed by atoms with E-state index < -0.39 is 5.92 Å². The van der Waals surface area contributed by atoms with Gasteiger partial charge < -0.3 is 0 Å². The van der Waals surface area contributed by atoms with E-state index in [-0.39, 0.29) is 5.78 Å². The Morgan fingerprint density at radius 1 is 1.05 bits per heavy atom. The standard InChI is InChI=1S/C16H10Cl3NO/c1-9-2-3-11(7-14(9)18)16(21)12(8-20)10-4-5-13(17)15(19)6-10/h2-7,12H,1H3. The van der Waals surface area contributed by atoms with Crippen LogP contribution in [0.25, 0.3) is 0 Å². The lowest BCUT2D eigenvalue weighted by Gasteiger charge is -2.10. The van der Waals surface area contributed by atoms with Gasteiger partial charge in [-0.1, -0.05) is 53.0 Å². The molecule has 0 heterocycles. The van der Waals surface area contributed by atoms with E-state index in [4.69, 9.17) is 34.8 Å². The molecular formula is C16H10Cl3NO. The number of carbonyl (C=O) groups is 1. The molecule has 0 saturated carbocycles. The zero-order valence-corrected chi connectivity index (χ0v) is 13.3. The number of benzene rings is 2. The molecule has 0 saturated heterocycles. The van der Waals surface area contributed by atoms with Crippen molar-refractivity contribution in [2.75, 3.05) is 0 Å². The Morgan fingerprint density at radius 2 is 1.76 bits per heavy atom. The zero-order chi connectivity index (χ0) is 15.6. The number of hydrogen-bond acceptors (Lipinski definition) is 2. The largest absolute Gasteiger partial charge is 0.292 e. The number of nitriles is 1. The van der Waals surface area contributed by atoms with Crippen LogP contribution >= 0.6 is 34.8 Å². The smallest absolute Gasteiger partial charge is 0.184 e. The molecule has 0 aliphatic rings. The summed E-state index contributed by atoms with van der Waals surface area (Å²) < 4.78 is 0. The Morgan fingerprint density at radius 3 is 2.33 bits per heavy atom. The quantitative estimate of drug-likeness (QED) is 0.699. The van der Waals surface area contributed by atoms with Gasteiger partial charge in [-0.15, -0.1) is 0 Å². The Balaban J connectivity index is 2.41. The highest BCUT2D eigenvalue weighted by Gasteiger charge is 2.22. The average Bonchev–Trinajstić information content (AvgIpc) is 2.46. The molecule has 1 unspecified atom stereocenters. The summed E-state index contributed by atoms with van der Waals surface area (Å²) in [5.41, 5.74) is 1.77. The van der Waals surface area contributed by atoms with Crippen LogP contribution in [0.4, 0.5) is 0 Å². The van der Waals surface area contributed by atoms with Crippen molar-refractivity contribution in [3.05, 3.63) is 68.2 Å². The normalized spacial score (nSPS) is 11.8. The summed E-state index contributed by atoms with van der Waals surface area (Å²) in [6, 6.07) is 11.7. The summed E-state index contributed by atoms with van der Waals surface area (Å²) in [6.07, 6.45) is 0. The number of hydrogen-bond donors (Lipinski definition) is 0. The van der Waals surface area contributed by atoms with Crippen LogP contribution in [0.5, 0.6) is 0 Å². The highest BCUT2D eigenvalue weighted by molar-refractivity contribution is 6.42. The van der Waals surface area contributed by atoms with Gasteiger partial charge in [-0.25, -0.2) is 0 Å². The minimum absolute atomic E-state index is 0.309. The van der Waals surface area contributed by atoms with Crippen molar-refractivity contribution in [3.63, 3.8) is 0 Å². The lowest BCUT2D eigenvalue weighted by atomic mass is 9.91. The first kappa shape index (κ1) is 15.9. The van der Waals surface area contributed by atoms with Gasteiger partial charge in [0.1, 0.15) is 5.92 Å². The predicted octanol–water partition coefficient (Wildman–Crippen LogP) is 5.45. The Labute approximate surface area is 137 Å². The lowest BCUT2D eigenvalue weighted by Crippen LogP contribution is -2.11. The van der Waals surface area contributed by atoms with E-state index in [1.807, 2.05) is 13.0 Å². The fourth-order valence-corrected chi connectivity index (χ4v) is 2.38. The molecule has 2 rings (SSSR count). The van der Waals surface area contributed by atoms with E-state index in [1.165, 1.54) is 6.07 Å². The molecule has 0 N–H and O–H groups in total. The highest BCUT2D eigenvalue weighted by atomic mass is 35.5. The molecular weight excluding hydrogens is 329 g/mol. The first-order valence-corrected chi connectivity index (χ1v) is 7.22. The van der Waals surface area contributed by atoms with Crippen molar-refractivity contribution in [3.8, 4) is 6.07 Å². The number of Topliss-reactive ketones (excluding diaryl/α,β-unsaturated/α-hetero) is 1. The second-order valence-corrected chi connectivity index (χ2v) is 5.79. The maximum Gasteiger partial charge on any atom is 0.184 e. The van der Waals surface area contributed by atoms with Crippen LogP contribution in [-0.2, 0) is 0 Å². The summed E-state index contributed by atoms with van der Waals surface area (Å²) in [5.74, 6) is -1.27. The van der Waals surface area contributed by atoms with Crippen molar-refractivity contribution < 1.29 is 4.79 Å². The van der Waals surface area contributed by atoms with Gasteiger partial charge in [0.05, 0.1) is 16.1 Å². The lowest BCUT2D eigenvalue weighted by molar-refractivity contribution is 0.0979. The molecule has 106 valence electrons. The maximum absolute atomic E-state index is 12.5. The molecule has 0 fully saturated rings. The van der Waals surface area contributed by atoms with Gasteiger partial charge in [0.25, 0.3) is 0 Å². The van der Waals surface area contributed by atoms with Crippen LogP contribution in [0, 0.1) is 18.3 Å². The third kappa shape index (κ3) is 3.39. The first-order valence-electron chi connectivity index (χ1n) is 6.09. The SMILES string of the molecule is Cc1ccc(C(=O)C(C#N)c2ccc(Cl)c(Cl)c2)cc1Cl. The van der Waals surface area contributed by atoms with Gasteiger partial charge in [-0.05, 0) is 36.2 Å². The molecule has 0 bridgehead atoms. The Hall–Kier alpha value is -1.53. The van der Waals surface area contributed by atoms with Crippen molar-refractivity contribution in [1.82, 2.24) is 0 Å². The second kappa shape index (κ2) is 6.49. The molecule has 0 amide bonds. The number of nitrogens with zero attached hydrogens (tertiary/aromatic N) is 1. The summed E-state index contributed by atoms with van der Waals surface area (Å²) in [6.45, 7) is 1.84. The fraction of sp³-hybridized carbons (Fsp3) is 0.125. The number of rotatable bonds is 3. The van der Waals surface area contributed by atoms with E-state index in [9.17, 15) is 10.1 Å². The van der Waals surface area contributed by atoms with E-state index in [0.717, 1.165) is 5.56 Å². The molecule has 1 atom stereocenters. The van der Waals surface area contributed by atoms with Crippen molar-refractivity contribution in [2.45, 2.75) is 12.8 Å². The molecule has 0 aromatic heterocycles. The molecule has 2 nitrogen and oxygen atoms in total. The molecule has 0 aliphatic heterocycles. The van der Waals surface area contributed by atoms with Gasteiger partial charge in [0, 0.05) is 10.6 Å². The van der Waals surface area contributed by atoms with E-state index >= 15 is 0 Å². The number of halogens is 3. The predicted molar refractivity (Wildman–Crippen MR) is 85.3 cm³/mol. The summed E-state index contributed by atoms with van der Waals surface area (Å²) in [4.78, 5) is 12.5. The van der Waals surface area contributed by atoms with Crippen LogP contribution in [0.3, 0.4) is 0 Å². The topological polar surface area (TPSA) is 40.9 Å². The first-order chi connectivity index (χ1) is 9.93. The van der Waals surface area contributed by atoms with E-state index in [0.29, 0.717) is 26.2 Å². The zero-order valence-electron chi connectivity index (χ0n) is 11.0. The third-order valence-corrected chi connectivity index (χ3v) is 4.27. The number of carbonyl (C=O) groups excluding carboxylic acids is 1. The number of ketones is 1. The summed E-state index contributed by atoms with van der Waals surface area (Å²) in [7, 11) is 0. The summed E-state index contributed by atoms with van der Waals surface area (Å²) in [5, 5.41) is 10.5. The Bertz CT molecular complexity index is 750. The number of aryl methyl sites for hydroxylation is 1. The van der Waals surface area contributed by atoms with Gasteiger partial charge >= 0.3 is 0 Å². The molecule has 0 radical (unpaired) electrons. The van der Waals surface area contributed by atoms with Gasteiger partial charge in [0.2, 0.25) is 0 Å². The average molecular weight is 339 g/mol. The van der Waals surface area contributed by atoms with E-state index in [2.05, 4.69) is 0 Å². The molecule has 2 aromatic carbocycles. The van der Waals surface area contributed by atoms with Crippen LogP contribution in [0.15, 0.2) is 36.4 Å². The van der Waals surface area contributed by atoms with Crippen molar-refractivity contribution >= 4 is 40.6 Å². The molecule has 2 aromatic rings. The Kier molecular flexibility index (Phi) is 4.90. The monoisotopic (exact) mass is 337 g/mol. The maximum atomic E-state index is 12.5. The van der Waals surface area contributed by atoms with Crippen LogP contribution in [0.2, 0.25) is 15.1 Å². The minimum Gasteiger partial charge on any atom is -0.292 e. The van der Waals surface area contributed by atoms with Crippen molar-refractivity contribution in [1.29, 1.82) is 5.26 Å². The molecule has 5 heteroatoms. The summed E-state index contributed by atoms with van der Waals surface area (Å²) >= 11 is 17.8. The third-order valence-electron chi connectivity index (χ3n) is 3.12. The van der Waals surface area contributed by atoms with Crippen molar-refractivity contribution in [2.24, 2.45) is 0 Å². The second-order valence-electron chi connectivity index (χ2n) is 4.56. The highest BCUT2D eigenvalue weighted by Crippen LogP contribution is 2.29. The van der Waals surface area contributed by atoms with E-state index in [1.54, 1.807) is 30.3 Å². The van der Waals surface area contributed by atoms with Crippen LogP contribution in [-0.4, -0.2) is 5.78 Å². The molecule has 21 heavy (non-hydrogen) atoms. The molecule has 0 aliphatic carbocycles. The van der Waals surface area contributed by atoms with Crippen LogP contribution < -0.4 is 0 Å². The van der Waals surface area contributed by atoms with Gasteiger partial charge in [-0.2, -0.15) is 5.26 Å². The molecule has 0 spiro atoms. The fourth-order valence-electron chi connectivity index (χ4n) is 1.89. The van der Waals surface area contributed by atoms with Crippen LogP contribution in [0.1, 0.15) is 27.4 Å². The van der Waals surface area contributed by atoms with Gasteiger partial charge in [0.15, 0.2) is 5.78 Å². The van der Waals surface area contributed by atoms with Gasteiger partial charge in [-0.3, -0.25) is 4.79 Å².